The normalized spacial score (nSPS) is 22.7. The van der Waals surface area contributed by atoms with E-state index < -0.39 is 11.1 Å². The molecule has 8 heteroatoms. The number of carbonyl (C=O) groups is 1. The first-order chi connectivity index (χ1) is 13.1. The predicted octanol–water partition coefficient (Wildman–Crippen LogP) is 1.90. The standard InChI is InChI=1S/C20H22ClN4O3/c1-19(2)11-20(17(26)24(3)18(22)23-20)15-8-12(5-6-16(15)28-19)13-7-14(21)10-25(9-13)27-4/h5-10H,11H2,1-4H3,(H2,22,23)/q+1. The monoisotopic (exact) mass is 401 g/mol. The van der Waals surface area contributed by atoms with Crippen LogP contribution in [0.1, 0.15) is 25.8 Å². The number of nitrogens with zero attached hydrogens (tertiary/aromatic N) is 3. The van der Waals surface area contributed by atoms with Gasteiger partial charge in [0.15, 0.2) is 11.5 Å². The lowest BCUT2D eigenvalue weighted by Gasteiger charge is -2.41. The molecule has 1 spiro atoms. The van der Waals surface area contributed by atoms with E-state index in [0.717, 1.165) is 11.1 Å². The zero-order chi connectivity index (χ0) is 20.3. The number of likely N-dealkylation sites (N-methyl/N-ethyl adjacent to an activating group) is 1. The molecule has 2 aliphatic heterocycles. The van der Waals surface area contributed by atoms with Crippen LogP contribution in [-0.4, -0.2) is 36.5 Å². The first-order valence-electron chi connectivity index (χ1n) is 8.89. The SMILES string of the molecule is CO[n+]1cc(Cl)cc(-c2ccc3c(c2)C2(CC(C)(C)O3)N=C(N)N(C)C2=O)c1. The van der Waals surface area contributed by atoms with E-state index >= 15 is 0 Å². The molecule has 2 aliphatic rings. The fourth-order valence-electron chi connectivity index (χ4n) is 3.94. The van der Waals surface area contributed by atoms with Gasteiger partial charge in [0.2, 0.25) is 12.4 Å². The number of halogens is 1. The van der Waals surface area contributed by atoms with Crippen LogP contribution < -0.4 is 20.0 Å². The molecule has 1 atom stereocenters. The molecule has 0 fully saturated rings. The van der Waals surface area contributed by atoms with E-state index in [4.69, 9.17) is 26.9 Å². The van der Waals surface area contributed by atoms with E-state index in [0.29, 0.717) is 22.8 Å². The van der Waals surface area contributed by atoms with Gasteiger partial charge in [-0.15, -0.1) is 0 Å². The lowest BCUT2D eigenvalue weighted by atomic mass is 9.77. The van der Waals surface area contributed by atoms with Gasteiger partial charge in [0.05, 0.1) is 5.56 Å². The highest BCUT2D eigenvalue weighted by Gasteiger charge is 2.55. The van der Waals surface area contributed by atoms with Crippen molar-refractivity contribution in [3.8, 4) is 16.9 Å². The Balaban J connectivity index is 1.92. The number of aliphatic imine (C=N–C) groups is 1. The second kappa shape index (κ2) is 6.10. The first-order valence-corrected chi connectivity index (χ1v) is 9.27. The third-order valence-corrected chi connectivity index (χ3v) is 5.36. The van der Waals surface area contributed by atoms with E-state index in [1.54, 1.807) is 20.4 Å². The van der Waals surface area contributed by atoms with Crippen molar-refractivity contribution in [2.45, 2.75) is 31.4 Å². The molecular weight excluding hydrogens is 380 g/mol. The van der Waals surface area contributed by atoms with Gasteiger partial charge in [-0.25, -0.2) is 4.99 Å². The highest BCUT2D eigenvalue weighted by Crippen LogP contribution is 2.49. The number of hydrogen-bond donors (Lipinski definition) is 1. The molecule has 1 unspecified atom stereocenters. The average Bonchev–Trinajstić information content (AvgIpc) is 2.84. The fraction of sp³-hybridized carbons (Fsp3) is 0.350. The van der Waals surface area contributed by atoms with Crippen molar-refractivity contribution in [1.82, 2.24) is 4.90 Å². The number of nitrogens with two attached hydrogens (primary N) is 1. The van der Waals surface area contributed by atoms with Gasteiger partial charge in [-0.05, 0) is 37.6 Å². The third kappa shape index (κ3) is 2.77. The summed E-state index contributed by atoms with van der Waals surface area (Å²) in [5, 5.41) is 0.531. The van der Waals surface area contributed by atoms with Crippen molar-refractivity contribution < 1.29 is 19.1 Å². The molecule has 1 aromatic carbocycles. The van der Waals surface area contributed by atoms with Crippen LogP contribution in [0.3, 0.4) is 0 Å². The molecule has 146 valence electrons. The van der Waals surface area contributed by atoms with Crippen molar-refractivity contribution in [2.24, 2.45) is 10.7 Å². The van der Waals surface area contributed by atoms with Gasteiger partial charge in [-0.1, -0.05) is 17.7 Å². The second-order valence-electron chi connectivity index (χ2n) is 7.73. The molecule has 7 nitrogen and oxygen atoms in total. The minimum atomic E-state index is -1.10. The molecule has 28 heavy (non-hydrogen) atoms. The average molecular weight is 402 g/mol. The third-order valence-electron chi connectivity index (χ3n) is 5.15. The van der Waals surface area contributed by atoms with Gasteiger partial charge in [0.25, 0.3) is 5.91 Å². The van der Waals surface area contributed by atoms with Crippen molar-refractivity contribution in [3.63, 3.8) is 0 Å². The summed E-state index contributed by atoms with van der Waals surface area (Å²) < 4.78 is 7.67. The van der Waals surface area contributed by atoms with Crippen LogP contribution in [0.4, 0.5) is 0 Å². The fourth-order valence-corrected chi connectivity index (χ4v) is 4.15. The van der Waals surface area contributed by atoms with Gasteiger partial charge in [0, 0.05) is 23.8 Å². The Kier molecular flexibility index (Phi) is 4.04. The topological polar surface area (TPSA) is 81.0 Å². The summed E-state index contributed by atoms with van der Waals surface area (Å²) in [6.07, 6.45) is 3.87. The maximum absolute atomic E-state index is 13.2. The molecule has 1 aromatic heterocycles. The van der Waals surface area contributed by atoms with Gasteiger partial charge >= 0.3 is 0 Å². The molecule has 4 rings (SSSR count). The summed E-state index contributed by atoms with van der Waals surface area (Å²) in [7, 11) is 3.20. The zero-order valence-electron chi connectivity index (χ0n) is 16.2. The Hall–Kier alpha value is -2.80. The number of rotatable bonds is 2. The minimum absolute atomic E-state index is 0.155. The van der Waals surface area contributed by atoms with E-state index in [2.05, 4.69) is 4.99 Å². The number of fused-ring (bicyclic) bond motifs is 2. The largest absolute Gasteiger partial charge is 0.487 e. The van der Waals surface area contributed by atoms with E-state index in [-0.39, 0.29) is 11.9 Å². The number of aromatic nitrogens is 1. The lowest BCUT2D eigenvalue weighted by molar-refractivity contribution is -0.885. The molecule has 0 aliphatic carbocycles. The number of guanidine groups is 1. The Labute approximate surface area is 168 Å². The van der Waals surface area contributed by atoms with Crippen molar-refractivity contribution in [2.75, 3.05) is 14.2 Å². The number of ether oxygens (including phenoxy) is 1. The quantitative estimate of drug-likeness (QED) is 0.779. The van der Waals surface area contributed by atoms with Crippen LogP contribution in [0.5, 0.6) is 5.75 Å². The van der Waals surface area contributed by atoms with Crippen LogP contribution in [0, 0.1) is 0 Å². The molecule has 1 amide bonds. The number of hydrogen-bond acceptors (Lipinski definition) is 5. The van der Waals surface area contributed by atoms with Gasteiger partial charge < -0.3 is 10.5 Å². The van der Waals surface area contributed by atoms with E-state index in [1.165, 1.54) is 9.63 Å². The molecule has 0 bridgehead atoms. The summed E-state index contributed by atoms with van der Waals surface area (Å²) in [6.45, 7) is 3.89. The number of carbonyl (C=O) groups excluding carboxylic acids is 1. The van der Waals surface area contributed by atoms with Crippen LogP contribution >= 0.6 is 11.6 Å². The lowest BCUT2D eigenvalue weighted by Crippen LogP contribution is -2.49. The van der Waals surface area contributed by atoms with Gasteiger partial charge in [-0.2, -0.15) is 0 Å². The summed E-state index contributed by atoms with van der Waals surface area (Å²) in [5.74, 6) is 0.679. The van der Waals surface area contributed by atoms with Crippen molar-refractivity contribution in [1.29, 1.82) is 0 Å². The minimum Gasteiger partial charge on any atom is -0.487 e. The summed E-state index contributed by atoms with van der Waals surface area (Å²) in [5.41, 5.74) is 6.75. The Morgan fingerprint density at radius 1 is 1.29 bits per heavy atom. The Morgan fingerprint density at radius 3 is 2.68 bits per heavy atom. The first kappa shape index (κ1) is 18.6. The van der Waals surface area contributed by atoms with Crippen LogP contribution in [0.15, 0.2) is 41.7 Å². The van der Waals surface area contributed by atoms with Crippen LogP contribution in [-0.2, 0) is 10.3 Å². The maximum Gasteiger partial charge on any atom is 0.261 e. The summed E-state index contributed by atoms with van der Waals surface area (Å²) in [6, 6.07) is 7.54. The number of amides is 1. The van der Waals surface area contributed by atoms with E-state index in [1.807, 2.05) is 44.3 Å². The molecule has 0 saturated heterocycles. The molecule has 0 saturated carbocycles. The molecule has 0 radical (unpaired) electrons. The number of benzene rings is 1. The van der Waals surface area contributed by atoms with Crippen LogP contribution in [0.25, 0.3) is 11.1 Å². The predicted molar refractivity (Wildman–Crippen MR) is 105 cm³/mol. The maximum atomic E-state index is 13.2. The van der Waals surface area contributed by atoms with Gasteiger partial charge in [0.1, 0.15) is 23.5 Å². The van der Waals surface area contributed by atoms with Crippen LogP contribution in [0.2, 0.25) is 5.02 Å². The van der Waals surface area contributed by atoms with E-state index in [9.17, 15) is 4.79 Å². The Morgan fingerprint density at radius 2 is 2.04 bits per heavy atom. The molecule has 3 heterocycles. The molecule has 2 aromatic rings. The van der Waals surface area contributed by atoms with Gasteiger partial charge in [-0.3, -0.25) is 14.5 Å². The highest BCUT2D eigenvalue weighted by atomic mass is 35.5. The summed E-state index contributed by atoms with van der Waals surface area (Å²) >= 11 is 6.22. The molecule has 2 N–H and O–H groups in total. The number of pyridine rings is 1. The summed E-state index contributed by atoms with van der Waals surface area (Å²) in [4.78, 5) is 24.4. The van der Waals surface area contributed by atoms with Crippen molar-refractivity contribution in [3.05, 3.63) is 47.2 Å². The second-order valence-corrected chi connectivity index (χ2v) is 8.17. The highest BCUT2D eigenvalue weighted by molar-refractivity contribution is 6.30. The Bertz CT molecular complexity index is 1020. The zero-order valence-corrected chi connectivity index (χ0v) is 16.9. The molecular formula is C20H22ClN4O3+. The smallest absolute Gasteiger partial charge is 0.261 e. The van der Waals surface area contributed by atoms with Crippen molar-refractivity contribution >= 4 is 23.5 Å².